The highest BCUT2D eigenvalue weighted by Crippen LogP contribution is 2.27. The first kappa shape index (κ1) is 13.9. The Kier molecular flexibility index (Phi) is 4.13. The second kappa shape index (κ2) is 5.64. The van der Waals surface area contributed by atoms with Gasteiger partial charge in [0.25, 0.3) is 0 Å². The van der Waals surface area contributed by atoms with Gasteiger partial charge in [-0.1, -0.05) is 11.3 Å². The topological polar surface area (TPSA) is 92.9 Å². The standard InChI is InChI=1S/C11H14N2O5S/c1-12(9-6-18-5-8(9)11(14)15)4-7-2-3-10(19-7)13(16)17/h2-3,8-9H,4-6H2,1H3,(H,14,15). The molecule has 1 aromatic rings. The van der Waals surface area contributed by atoms with Crippen molar-refractivity contribution >= 4 is 22.3 Å². The number of nitro groups is 1. The van der Waals surface area contributed by atoms with E-state index in [1.165, 1.54) is 6.07 Å². The highest BCUT2D eigenvalue weighted by Gasteiger charge is 2.36. The maximum Gasteiger partial charge on any atom is 0.324 e. The zero-order chi connectivity index (χ0) is 14.0. The van der Waals surface area contributed by atoms with Gasteiger partial charge in [-0.3, -0.25) is 19.8 Å². The fourth-order valence-electron chi connectivity index (χ4n) is 2.13. The van der Waals surface area contributed by atoms with Crippen molar-refractivity contribution in [3.05, 3.63) is 27.1 Å². The Balaban J connectivity index is 2.01. The maximum atomic E-state index is 11.1. The molecule has 1 aromatic heterocycles. The summed E-state index contributed by atoms with van der Waals surface area (Å²) in [4.78, 5) is 24.0. The third-order valence-electron chi connectivity index (χ3n) is 3.17. The normalized spacial score (nSPS) is 22.8. The van der Waals surface area contributed by atoms with Crippen LogP contribution in [0.3, 0.4) is 0 Å². The van der Waals surface area contributed by atoms with Crippen LogP contribution in [0.5, 0.6) is 0 Å². The van der Waals surface area contributed by atoms with E-state index in [4.69, 9.17) is 9.84 Å². The first-order valence-electron chi connectivity index (χ1n) is 5.73. The molecular weight excluding hydrogens is 272 g/mol. The molecule has 0 bridgehead atoms. The Labute approximate surface area is 113 Å². The van der Waals surface area contributed by atoms with Gasteiger partial charge in [-0.2, -0.15) is 0 Å². The Morgan fingerprint density at radius 2 is 2.37 bits per heavy atom. The minimum Gasteiger partial charge on any atom is -0.481 e. The van der Waals surface area contributed by atoms with Gasteiger partial charge in [0, 0.05) is 23.5 Å². The van der Waals surface area contributed by atoms with Gasteiger partial charge in [-0.05, 0) is 13.1 Å². The summed E-state index contributed by atoms with van der Waals surface area (Å²) >= 11 is 1.11. The number of aliphatic carboxylic acids is 1. The monoisotopic (exact) mass is 286 g/mol. The van der Waals surface area contributed by atoms with Crippen molar-refractivity contribution in [2.75, 3.05) is 20.3 Å². The molecule has 2 atom stereocenters. The number of hydrogen-bond acceptors (Lipinski definition) is 6. The van der Waals surface area contributed by atoms with E-state index in [9.17, 15) is 14.9 Å². The van der Waals surface area contributed by atoms with E-state index in [2.05, 4.69) is 0 Å². The van der Waals surface area contributed by atoms with Crippen LogP contribution in [0.1, 0.15) is 4.88 Å². The molecule has 0 saturated carbocycles. The van der Waals surface area contributed by atoms with Crippen LogP contribution in [0.4, 0.5) is 5.00 Å². The highest BCUT2D eigenvalue weighted by atomic mass is 32.1. The summed E-state index contributed by atoms with van der Waals surface area (Å²) in [6.45, 7) is 1.08. The highest BCUT2D eigenvalue weighted by molar-refractivity contribution is 7.15. The molecule has 2 unspecified atom stereocenters. The molecule has 0 spiro atoms. The molecular formula is C11H14N2O5S. The molecule has 8 heteroatoms. The van der Waals surface area contributed by atoms with Crippen LogP contribution in [0, 0.1) is 16.0 Å². The van der Waals surface area contributed by atoms with E-state index >= 15 is 0 Å². The number of carboxylic acid groups (broad SMARTS) is 1. The van der Waals surface area contributed by atoms with E-state index in [-0.39, 0.29) is 17.6 Å². The number of carbonyl (C=O) groups is 1. The van der Waals surface area contributed by atoms with Crippen LogP contribution in [0.2, 0.25) is 0 Å². The van der Waals surface area contributed by atoms with Crippen LogP contribution < -0.4 is 0 Å². The van der Waals surface area contributed by atoms with Gasteiger partial charge < -0.3 is 9.84 Å². The molecule has 1 saturated heterocycles. The fourth-order valence-corrected chi connectivity index (χ4v) is 3.01. The van der Waals surface area contributed by atoms with Crippen molar-refractivity contribution in [2.24, 2.45) is 5.92 Å². The molecule has 7 nitrogen and oxygen atoms in total. The number of thiophene rings is 1. The van der Waals surface area contributed by atoms with Crippen molar-refractivity contribution < 1.29 is 19.6 Å². The third-order valence-corrected chi connectivity index (χ3v) is 4.19. The second-order valence-electron chi connectivity index (χ2n) is 4.46. The van der Waals surface area contributed by atoms with Gasteiger partial charge >= 0.3 is 11.0 Å². The summed E-state index contributed by atoms with van der Waals surface area (Å²) < 4.78 is 5.21. The van der Waals surface area contributed by atoms with Crippen LogP contribution in [-0.2, 0) is 16.1 Å². The second-order valence-corrected chi connectivity index (χ2v) is 5.61. The molecule has 2 rings (SSSR count). The van der Waals surface area contributed by atoms with Crippen molar-refractivity contribution in [3.63, 3.8) is 0 Å². The lowest BCUT2D eigenvalue weighted by molar-refractivity contribution is -0.380. The average molecular weight is 286 g/mol. The molecule has 1 N–H and O–H groups in total. The first-order chi connectivity index (χ1) is 8.99. The largest absolute Gasteiger partial charge is 0.481 e. The first-order valence-corrected chi connectivity index (χ1v) is 6.54. The third kappa shape index (κ3) is 3.09. The zero-order valence-corrected chi connectivity index (χ0v) is 11.1. The number of carboxylic acids is 1. The molecule has 2 heterocycles. The summed E-state index contributed by atoms with van der Waals surface area (Å²) in [6, 6.07) is 2.97. The van der Waals surface area contributed by atoms with Gasteiger partial charge in [0.05, 0.1) is 24.1 Å². The molecule has 0 aromatic carbocycles. The van der Waals surface area contributed by atoms with Gasteiger partial charge in [0.2, 0.25) is 0 Å². The molecule has 0 radical (unpaired) electrons. The lowest BCUT2D eigenvalue weighted by atomic mass is 10.0. The van der Waals surface area contributed by atoms with Gasteiger partial charge in [-0.15, -0.1) is 0 Å². The Morgan fingerprint density at radius 3 is 2.95 bits per heavy atom. The maximum absolute atomic E-state index is 11.1. The number of likely N-dealkylation sites (N-methyl/N-ethyl adjacent to an activating group) is 1. The van der Waals surface area contributed by atoms with Gasteiger partial charge in [0.15, 0.2) is 0 Å². The predicted molar refractivity (Wildman–Crippen MR) is 68.2 cm³/mol. The van der Waals surface area contributed by atoms with Crippen molar-refractivity contribution in [1.82, 2.24) is 4.90 Å². The predicted octanol–water partition coefficient (Wildman–Crippen LogP) is 1.19. The number of nitrogens with zero attached hydrogens (tertiary/aromatic N) is 2. The summed E-state index contributed by atoms with van der Waals surface area (Å²) in [6.07, 6.45) is 0. The summed E-state index contributed by atoms with van der Waals surface area (Å²) in [5.74, 6) is -1.41. The van der Waals surface area contributed by atoms with E-state index in [1.54, 1.807) is 13.1 Å². The average Bonchev–Trinajstić information content (AvgIpc) is 2.96. The zero-order valence-electron chi connectivity index (χ0n) is 10.3. The molecule has 19 heavy (non-hydrogen) atoms. The Hall–Kier alpha value is -1.51. The minimum atomic E-state index is -0.869. The van der Waals surface area contributed by atoms with E-state index in [0.717, 1.165) is 16.2 Å². The summed E-state index contributed by atoms with van der Waals surface area (Å²) in [7, 11) is 1.81. The molecule has 0 amide bonds. The van der Waals surface area contributed by atoms with Crippen LogP contribution >= 0.6 is 11.3 Å². The SMILES string of the molecule is CN(Cc1ccc([N+](=O)[O-])s1)C1COCC1C(=O)O. The Bertz CT molecular complexity index is 489. The minimum absolute atomic E-state index is 0.0980. The molecule has 0 aliphatic carbocycles. The van der Waals surface area contributed by atoms with Gasteiger partial charge in [0.1, 0.15) is 0 Å². The molecule has 1 aliphatic rings. The van der Waals surface area contributed by atoms with Gasteiger partial charge in [-0.25, -0.2) is 0 Å². The van der Waals surface area contributed by atoms with Crippen LogP contribution in [-0.4, -0.2) is 47.2 Å². The summed E-state index contributed by atoms with van der Waals surface area (Å²) in [5.41, 5.74) is 0. The molecule has 1 aliphatic heterocycles. The Morgan fingerprint density at radius 1 is 1.63 bits per heavy atom. The fraction of sp³-hybridized carbons (Fsp3) is 0.545. The van der Waals surface area contributed by atoms with Crippen molar-refractivity contribution in [2.45, 2.75) is 12.6 Å². The number of ether oxygens (including phenoxy) is 1. The van der Waals surface area contributed by atoms with Crippen LogP contribution in [0.15, 0.2) is 12.1 Å². The summed E-state index contributed by atoms with van der Waals surface area (Å²) in [5, 5.41) is 19.8. The van der Waals surface area contributed by atoms with E-state index in [1.807, 2.05) is 4.90 Å². The van der Waals surface area contributed by atoms with E-state index < -0.39 is 16.8 Å². The molecule has 1 fully saturated rings. The lowest BCUT2D eigenvalue weighted by Crippen LogP contribution is -2.40. The number of hydrogen-bond donors (Lipinski definition) is 1. The van der Waals surface area contributed by atoms with Crippen LogP contribution in [0.25, 0.3) is 0 Å². The van der Waals surface area contributed by atoms with E-state index in [0.29, 0.717) is 13.2 Å². The van der Waals surface area contributed by atoms with Crippen molar-refractivity contribution in [3.8, 4) is 0 Å². The number of rotatable bonds is 5. The molecule has 104 valence electrons. The quantitative estimate of drug-likeness (QED) is 0.645. The lowest BCUT2D eigenvalue weighted by Gasteiger charge is -2.25. The van der Waals surface area contributed by atoms with Crippen molar-refractivity contribution in [1.29, 1.82) is 0 Å². The smallest absolute Gasteiger partial charge is 0.324 e.